The fraction of sp³-hybridized carbons (Fsp3) is 0.417. The molecule has 0 aliphatic rings. The molecule has 0 fully saturated rings. The van der Waals surface area contributed by atoms with Crippen molar-refractivity contribution in [3.63, 3.8) is 0 Å². The zero-order chi connectivity index (χ0) is 20.6. The van der Waals surface area contributed by atoms with Gasteiger partial charge in [-0.2, -0.15) is 0 Å². The third-order valence-corrected chi connectivity index (χ3v) is 5.07. The van der Waals surface area contributed by atoms with Gasteiger partial charge in [-0.15, -0.1) is 0 Å². The lowest BCUT2D eigenvalue weighted by Gasteiger charge is -2.14. The van der Waals surface area contributed by atoms with Crippen LogP contribution < -0.4 is 10.1 Å². The molecule has 0 aliphatic heterocycles. The van der Waals surface area contributed by atoms with Crippen molar-refractivity contribution in [2.75, 3.05) is 6.61 Å². The van der Waals surface area contributed by atoms with Gasteiger partial charge in [0.1, 0.15) is 11.6 Å². The molecule has 0 radical (unpaired) electrons. The summed E-state index contributed by atoms with van der Waals surface area (Å²) in [6, 6.07) is 16.4. The van der Waals surface area contributed by atoms with E-state index in [1.54, 1.807) is 0 Å². The maximum absolute atomic E-state index is 11.7. The van der Waals surface area contributed by atoms with E-state index < -0.39 is 0 Å². The Morgan fingerprint density at radius 3 is 2.66 bits per heavy atom. The summed E-state index contributed by atoms with van der Waals surface area (Å²) >= 11 is 0. The van der Waals surface area contributed by atoms with Gasteiger partial charge in [-0.1, -0.05) is 51.1 Å². The number of hydrogen-bond donors (Lipinski definition) is 1. The SMILES string of the molecule is CCC(=O)NCc1nc2ccccc2n1CCCCOc1ccccc1C(C)C. The van der Waals surface area contributed by atoms with Gasteiger partial charge in [0.2, 0.25) is 5.91 Å². The Kier molecular flexibility index (Phi) is 7.28. The van der Waals surface area contributed by atoms with Crippen molar-refractivity contribution in [2.45, 2.75) is 59.0 Å². The first-order valence-corrected chi connectivity index (χ1v) is 10.5. The first kappa shape index (κ1) is 20.9. The maximum Gasteiger partial charge on any atom is 0.220 e. The summed E-state index contributed by atoms with van der Waals surface area (Å²) in [5.74, 6) is 2.38. The highest BCUT2D eigenvalue weighted by molar-refractivity contribution is 5.77. The molecule has 0 unspecified atom stereocenters. The number of carbonyl (C=O) groups is 1. The summed E-state index contributed by atoms with van der Waals surface area (Å²) in [6.07, 6.45) is 2.42. The second-order valence-electron chi connectivity index (χ2n) is 7.55. The molecule has 0 saturated carbocycles. The van der Waals surface area contributed by atoms with Crippen LogP contribution in [0.4, 0.5) is 0 Å². The summed E-state index contributed by atoms with van der Waals surface area (Å²) in [5.41, 5.74) is 3.33. The Balaban J connectivity index is 1.59. The third-order valence-electron chi connectivity index (χ3n) is 5.07. The molecule has 0 saturated heterocycles. The van der Waals surface area contributed by atoms with E-state index >= 15 is 0 Å². The van der Waals surface area contributed by atoms with E-state index in [9.17, 15) is 4.79 Å². The van der Waals surface area contributed by atoms with E-state index in [2.05, 4.69) is 41.9 Å². The van der Waals surface area contributed by atoms with E-state index in [-0.39, 0.29) is 5.91 Å². The average molecular weight is 394 g/mol. The number of rotatable bonds is 10. The molecular formula is C24H31N3O2. The van der Waals surface area contributed by atoms with Crippen LogP contribution >= 0.6 is 0 Å². The van der Waals surface area contributed by atoms with Crippen LogP contribution in [0.25, 0.3) is 11.0 Å². The third kappa shape index (κ3) is 5.37. The number of nitrogens with zero attached hydrogens (tertiary/aromatic N) is 2. The van der Waals surface area contributed by atoms with Crippen molar-refractivity contribution in [3.8, 4) is 5.75 Å². The van der Waals surface area contributed by atoms with Gasteiger partial charge >= 0.3 is 0 Å². The topological polar surface area (TPSA) is 56.2 Å². The molecule has 5 nitrogen and oxygen atoms in total. The van der Waals surface area contributed by atoms with Crippen LogP contribution in [0.1, 0.15) is 57.3 Å². The van der Waals surface area contributed by atoms with Crippen LogP contribution in [-0.2, 0) is 17.9 Å². The van der Waals surface area contributed by atoms with E-state index in [1.807, 2.05) is 37.3 Å². The number of aromatic nitrogens is 2. The molecule has 1 amide bonds. The van der Waals surface area contributed by atoms with Crippen LogP contribution in [0, 0.1) is 0 Å². The minimum atomic E-state index is 0.0424. The average Bonchev–Trinajstić information content (AvgIpc) is 3.09. The molecule has 0 spiro atoms. The largest absolute Gasteiger partial charge is 0.493 e. The highest BCUT2D eigenvalue weighted by Crippen LogP contribution is 2.26. The van der Waals surface area contributed by atoms with Gasteiger partial charge in [0, 0.05) is 13.0 Å². The second-order valence-corrected chi connectivity index (χ2v) is 7.55. The molecule has 3 aromatic rings. The minimum absolute atomic E-state index is 0.0424. The van der Waals surface area contributed by atoms with Crippen LogP contribution in [0.2, 0.25) is 0 Å². The summed E-state index contributed by atoms with van der Waals surface area (Å²) in [5, 5.41) is 2.94. The normalized spacial score (nSPS) is 11.2. The number of para-hydroxylation sites is 3. The molecule has 1 N–H and O–H groups in total. The van der Waals surface area contributed by atoms with Crippen LogP contribution in [-0.4, -0.2) is 22.1 Å². The highest BCUT2D eigenvalue weighted by atomic mass is 16.5. The minimum Gasteiger partial charge on any atom is -0.493 e. The lowest BCUT2D eigenvalue weighted by molar-refractivity contribution is -0.120. The quantitative estimate of drug-likeness (QED) is 0.491. The lowest BCUT2D eigenvalue weighted by atomic mass is 10.0. The Morgan fingerprint density at radius 1 is 1.10 bits per heavy atom. The zero-order valence-corrected chi connectivity index (χ0v) is 17.6. The number of fused-ring (bicyclic) bond motifs is 1. The van der Waals surface area contributed by atoms with Gasteiger partial charge in [0.05, 0.1) is 24.2 Å². The Morgan fingerprint density at radius 2 is 1.86 bits per heavy atom. The van der Waals surface area contributed by atoms with Crippen molar-refractivity contribution in [1.82, 2.24) is 14.9 Å². The van der Waals surface area contributed by atoms with E-state index in [0.29, 0.717) is 25.5 Å². The van der Waals surface area contributed by atoms with Gasteiger partial charge in [0.25, 0.3) is 0 Å². The maximum atomic E-state index is 11.7. The van der Waals surface area contributed by atoms with E-state index in [0.717, 1.165) is 42.0 Å². The van der Waals surface area contributed by atoms with Crippen LogP contribution in [0.3, 0.4) is 0 Å². The zero-order valence-electron chi connectivity index (χ0n) is 17.6. The molecule has 154 valence electrons. The van der Waals surface area contributed by atoms with Crippen molar-refractivity contribution in [1.29, 1.82) is 0 Å². The number of ether oxygens (including phenoxy) is 1. The number of benzene rings is 2. The Hall–Kier alpha value is -2.82. The van der Waals surface area contributed by atoms with Crippen molar-refractivity contribution < 1.29 is 9.53 Å². The summed E-state index contributed by atoms with van der Waals surface area (Å²) in [4.78, 5) is 16.4. The fourth-order valence-corrected chi connectivity index (χ4v) is 3.46. The number of imidazole rings is 1. The molecule has 0 atom stereocenters. The second kappa shape index (κ2) is 10.1. The summed E-state index contributed by atoms with van der Waals surface area (Å²) in [7, 11) is 0. The van der Waals surface area contributed by atoms with E-state index in [1.165, 1.54) is 5.56 Å². The predicted octanol–water partition coefficient (Wildman–Crippen LogP) is 5.05. The van der Waals surface area contributed by atoms with Gasteiger partial charge in [-0.05, 0) is 42.5 Å². The monoisotopic (exact) mass is 393 g/mol. The van der Waals surface area contributed by atoms with Crippen LogP contribution in [0.5, 0.6) is 5.75 Å². The van der Waals surface area contributed by atoms with E-state index in [4.69, 9.17) is 9.72 Å². The molecule has 2 aromatic carbocycles. The van der Waals surface area contributed by atoms with Gasteiger partial charge < -0.3 is 14.6 Å². The Bertz CT molecular complexity index is 946. The molecular weight excluding hydrogens is 362 g/mol. The number of amides is 1. The van der Waals surface area contributed by atoms with Crippen molar-refractivity contribution in [3.05, 3.63) is 59.9 Å². The Labute approximate surface area is 173 Å². The van der Waals surface area contributed by atoms with Crippen molar-refractivity contribution in [2.24, 2.45) is 0 Å². The first-order chi connectivity index (χ1) is 14.1. The molecule has 0 bridgehead atoms. The molecule has 29 heavy (non-hydrogen) atoms. The fourth-order valence-electron chi connectivity index (χ4n) is 3.46. The standard InChI is InChI=1S/C24H31N3O2/c1-4-24(28)25-17-23-26-20-12-6-7-13-21(20)27(23)15-9-10-16-29-22-14-8-5-11-19(22)18(2)3/h5-8,11-14,18H,4,9-10,15-17H2,1-3H3,(H,25,28). The lowest BCUT2D eigenvalue weighted by Crippen LogP contribution is -2.23. The van der Waals surface area contributed by atoms with Gasteiger partial charge in [-0.25, -0.2) is 4.98 Å². The first-order valence-electron chi connectivity index (χ1n) is 10.5. The predicted molar refractivity (Wildman–Crippen MR) is 117 cm³/mol. The molecule has 0 aliphatic carbocycles. The van der Waals surface area contributed by atoms with Crippen LogP contribution in [0.15, 0.2) is 48.5 Å². The number of aryl methyl sites for hydroxylation is 1. The van der Waals surface area contributed by atoms with Gasteiger partial charge in [-0.3, -0.25) is 4.79 Å². The number of unbranched alkanes of at least 4 members (excludes halogenated alkanes) is 1. The molecule has 1 aromatic heterocycles. The highest BCUT2D eigenvalue weighted by Gasteiger charge is 2.11. The number of hydrogen-bond acceptors (Lipinski definition) is 3. The number of nitrogens with one attached hydrogen (secondary N) is 1. The smallest absolute Gasteiger partial charge is 0.220 e. The molecule has 1 heterocycles. The summed E-state index contributed by atoms with van der Waals surface area (Å²) < 4.78 is 8.26. The molecule has 5 heteroatoms. The summed E-state index contributed by atoms with van der Waals surface area (Å²) in [6.45, 7) is 8.23. The van der Waals surface area contributed by atoms with Crippen molar-refractivity contribution >= 4 is 16.9 Å². The van der Waals surface area contributed by atoms with Gasteiger partial charge in [0.15, 0.2) is 0 Å². The molecule has 3 rings (SSSR count). The number of carbonyl (C=O) groups excluding carboxylic acids is 1.